The number of ether oxygens (including phenoxy) is 4. The third-order valence-electron chi connectivity index (χ3n) is 6.82. The molecule has 240 valence electrons. The van der Waals surface area contributed by atoms with Gasteiger partial charge in [0.15, 0.2) is 40.6 Å². The van der Waals surface area contributed by atoms with Crippen LogP contribution in [0.4, 0.5) is 0 Å². The fraction of sp³-hybridized carbons (Fsp3) is 0.300. The summed E-state index contributed by atoms with van der Waals surface area (Å²) in [4.78, 5) is 36.7. The van der Waals surface area contributed by atoms with E-state index in [4.69, 9.17) is 18.9 Å². The quantitative estimate of drug-likeness (QED) is 0.116. The van der Waals surface area contributed by atoms with Crippen LogP contribution in [0.1, 0.15) is 39.6 Å². The van der Waals surface area contributed by atoms with Gasteiger partial charge in [-0.1, -0.05) is 12.1 Å². The SMILES string of the molecule is CC(=O)CCc1ccc(O[C@@H]2O[C@H](COC(=O)c3cc(O)c(O)c(O)c3)[C@@H](O)[C@H](O)[C@H]2OC(=O)c2cc(O)c(O)c(O)c2)cc1. The molecule has 3 aromatic carbocycles. The number of carbonyl (C=O) groups excluding carboxylic acids is 3. The Labute approximate surface area is 254 Å². The summed E-state index contributed by atoms with van der Waals surface area (Å²) in [5.41, 5.74) is 0.0108. The first-order valence-corrected chi connectivity index (χ1v) is 13.4. The van der Waals surface area contributed by atoms with Crippen molar-refractivity contribution < 1.29 is 74.2 Å². The number of hydrogen-bond acceptors (Lipinski definition) is 15. The molecule has 0 aliphatic carbocycles. The Morgan fingerprint density at radius 3 is 1.78 bits per heavy atom. The van der Waals surface area contributed by atoms with E-state index < -0.39 is 89.3 Å². The highest BCUT2D eigenvalue weighted by molar-refractivity contribution is 5.91. The lowest BCUT2D eigenvalue weighted by atomic mass is 9.98. The zero-order valence-corrected chi connectivity index (χ0v) is 23.6. The number of phenols is 6. The van der Waals surface area contributed by atoms with Crippen LogP contribution < -0.4 is 4.74 Å². The van der Waals surface area contributed by atoms with Crippen molar-refractivity contribution in [3.05, 3.63) is 65.2 Å². The van der Waals surface area contributed by atoms with Gasteiger partial charge in [-0.05, 0) is 55.3 Å². The minimum Gasteiger partial charge on any atom is -0.504 e. The molecular weight excluding hydrogens is 600 g/mol. The van der Waals surface area contributed by atoms with E-state index in [0.29, 0.717) is 12.8 Å². The molecule has 0 radical (unpaired) electrons. The van der Waals surface area contributed by atoms with E-state index >= 15 is 0 Å². The maximum atomic E-state index is 12.9. The molecule has 1 aliphatic rings. The van der Waals surface area contributed by atoms with Crippen LogP contribution in [0.25, 0.3) is 0 Å². The van der Waals surface area contributed by atoms with Crippen molar-refractivity contribution in [3.8, 4) is 40.2 Å². The van der Waals surface area contributed by atoms with Gasteiger partial charge in [0, 0.05) is 6.42 Å². The number of aryl methyl sites for hydroxylation is 1. The first-order chi connectivity index (χ1) is 21.2. The van der Waals surface area contributed by atoms with Crippen LogP contribution in [-0.2, 0) is 25.4 Å². The van der Waals surface area contributed by atoms with Gasteiger partial charge in [-0.3, -0.25) is 0 Å². The molecule has 15 heteroatoms. The molecule has 8 N–H and O–H groups in total. The Morgan fingerprint density at radius 1 is 0.756 bits per heavy atom. The van der Waals surface area contributed by atoms with Gasteiger partial charge >= 0.3 is 11.9 Å². The van der Waals surface area contributed by atoms with Crippen LogP contribution in [0, 0.1) is 0 Å². The minimum absolute atomic E-state index is 0.00385. The van der Waals surface area contributed by atoms with Crippen LogP contribution in [0.3, 0.4) is 0 Å². The van der Waals surface area contributed by atoms with Gasteiger partial charge in [0.1, 0.15) is 36.5 Å². The highest BCUT2D eigenvalue weighted by atomic mass is 16.7. The Kier molecular flexibility index (Phi) is 9.86. The van der Waals surface area contributed by atoms with Crippen molar-refractivity contribution in [1.29, 1.82) is 0 Å². The number of phenolic OH excluding ortho intramolecular Hbond substituents is 6. The summed E-state index contributed by atoms with van der Waals surface area (Å²) in [6.07, 6.45) is -7.81. The number of ketones is 1. The van der Waals surface area contributed by atoms with Crippen LogP contribution in [0.2, 0.25) is 0 Å². The summed E-state index contributed by atoms with van der Waals surface area (Å²) in [6.45, 7) is 0.760. The van der Waals surface area contributed by atoms with Gasteiger partial charge in [-0.2, -0.15) is 0 Å². The van der Waals surface area contributed by atoms with Crippen molar-refractivity contribution in [2.24, 2.45) is 0 Å². The lowest BCUT2D eigenvalue weighted by Gasteiger charge is -2.41. The van der Waals surface area contributed by atoms with Crippen LogP contribution >= 0.6 is 0 Å². The van der Waals surface area contributed by atoms with E-state index in [9.17, 15) is 55.2 Å². The van der Waals surface area contributed by atoms with Crippen molar-refractivity contribution in [2.75, 3.05) is 6.61 Å². The molecule has 3 aromatic rings. The fourth-order valence-corrected chi connectivity index (χ4v) is 4.33. The Balaban J connectivity index is 1.55. The van der Waals surface area contributed by atoms with E-state index in [0.717, 1.165) is 29.8 Å². The molecule has 0 saturated carbocycles. The minimum atomic E-state index is -1.91. The molecule has 0 aromatic heterocycles. The summed E-state index contributed by atoms with van der Waals surface area (Å²) in [6, 6.07) is 9.60. The largest absolute Gasteiger partial charge is 0.504 e. The average molecular weight is 631 g/mol. The summed E-state index contributed by atoms with van der Waals surface area (Å²) in [7, 11) is 0. The van der Waals surface area contributed by atoms with Gasteiger partial charge in [0.25, 0.3) is 0 Å². The number of aliphatic hydroxyl groups is 2. The lowest BCUT2D eigenvalue weighted by molar-refractivity contribution is -0.276. The molecule has 15 nitrogen and oxygen atoms in total. The number of aromatic hydroxyl groups is 6. The maximum Gasteiger partial charge on any atom is 0.339 e. The number of aliphatic hydroxyl groups excluding tert-OH is 2. The molecule has 0 spiro atoms. The topological polar surface area (TPSA) is 250 Å². The molecule has 5 atom stereocenters. The van der Waals surface area contributed by atoms with Crippen molar-refractivity contribution in [3.63, 3.8) is 0 Å². The van der Waals surface area contributed by atoms with Crippen molar-refractivity contribution in [1.82, 2.24) is 0 Å². The molecular formula is C30H30O15. The molecule has 0 unspecified atom stereocenters. The Hall–Kier alpha value is -5.25. The summed E-state index contributed by atoms with van der Waals surface area (Å²) in [5.74, 6) is -7.17. The van der Waals surface area contributed by atoms with E-state index in [1.807, 2.05) is 0 Å². The number of esters is 2. The van der Waals surface area contributed by atoms with E-state index in [2.05, 4.69) is 0 Å². The smallest absolute Gasteiger partial charge is 0.339 e. The predicted octanol–water partition coefficient (Wildman–Crippen LogP) is 1.35. The highest BCUT2D eigenvalue weighted by Gasteiger charge is 2.49. The predicted molar refractivity (Wildman–Crippen MR) is 149 cm³/mol. The standard InChI is InChI=1S/C30H30O15/c1-13(31)2-3-14-4-6-17(7-5-14)43-30-27(45-29(41)16-10-20(34)24(37)21(35)11-16)26(39)25(38)22(44-30)12-42-28(40)15-8-18(32)23(36)19(33)9-15/h4-11,22,25-27,30,32-39H,2-3,12H2,1H3/t22-,25-,26+,27-,30-/m1/s1. The average Bonchev–Trinajstić information content (AvgIpc) is 3.00. The van der Waals surface area contributed by atoms with Crippen molar-refractivity contribution in [2.45, 2.75) is 50.5 Å². The van der Waals surface area contributed by atoms with Gasteiger partial charge in [-0.25, -0.2) is 9.59 Å². The third kappa shape index (κ3) is 7.64. The van der Waals surface area contributed by atoms with Gasteiger partial charge in [0.2, 0.25) is 6.29 Å². The first kappa shape index (κ1) is 32.7. The molecule has 1 aliphatic heterocycles. The molecule has 0 bridgehead atoms. The molecule has 1 fully saturated rings. The second kappa shape index (κ2) is 13.6. The first-order valence-electron chi connectivity index (χ1n) is 13.4. The van der Waals surface area contributed by atoms with Crippen LogP contribution in [0.15, 0.2) is 48.5 Å². The maximum absolute atomic E-state index is 12.9. The number of rotatable bonds is 10. The molecule has 1 saturated heterocycles. The molecule has 0 amide bonds. The fourth-order valence-electron chi connectivity index (χ4n) is 4.33. The van der Waals surface area contributed by atoms with Crippen molar-refractivity contribution >= 4 is 17.7 Å². The van der Waals surface area contributed by atoms with Gasteiger partial charge in [0.05, 0.1) is 11.1 Å². The molecule has 1 heterocycles. The van der Waals surface area contributed by atoms with Gasteiger partial charge < -0.3 is 64.6 Å². The zero-order valence-electron chi connectivity index (χ0n) is 23.6. The second-order valence-corrected chi connectivity index (χ2v) is 10.2. The second-order valence-electron chi connectivity index (χ2n) is 10.2. The zero-order chi connectivity index (χ0) is 33.0. The third-order valence-corrected chi connectivity index (χ3v) is 6.82. The molecule has 45 heavy (non-hydrogen) atoms. The summed E-state index contributed by atoms with van der Waals surface area (Å²) < 4.78 is 22.0. The number of benzene rings is 3. The number of hydrogen-bond donors (Lipinski definition) is 8. The number of carbonyl (C=O) groups is 3. The Morgan fingerprint density at radius 2 is 1.27 bits per heavy atom. The van der Waals surface area contributed by atoms with E-state index in [1.54, 1.807) is 12.1 Å². The number of Topliss-reactive ketones (excluding diaryl/α,β-unsaturated/α-hetero) is 1. The van der Waals surface area contributed by atoms with Crippen LogP contribution in [0.5, 0.6) is 40.2 Å². The highest BCUT2D eigenvalue weighted by Crippen LogP contribution is 2.37. The normalized spacial score (nSPS) is 21.1. The van der Waals surface area contributed by atoms with E-state index in [-0.39, 0.29) is 17.1 Å². The monoisotopic (exact) mass is 630 g/mol. The lowest BCUT2D eigenvalue weighted by Crippen LogP contribution is -2.61. The van der Waals surface area contributed by atoms with Crippen LogP contribution in [-0.4, -0.2) is 95.9 Å². The summed E-state index contributed by atoms with van der Waals surface area (Å²) >= 11 is 0. The Bertz CT molecular complexity index is 1520. The van der Waals surface area contributed by atoms with E-state index in [1.165, 1.54) is 19.1 Å². The molecule has 4 rings (SSSR count). The van der Waals surface area contributed by atoms with Gasteiger partial charge in [-0.15, -0.1) is 0 Å². The summed E-state index contributed by atoms with van der Waals surface area (Å²) in [5, 5.41) is 79.7.